The average Bonchev–Trinajstić information content (AvgIpc) is 2.72. The first-order chi connectivity index (χ1) is 14.8. The molecule has 2 aromatic carbocycles. The van der Waals surface area contributed by atoms with Gasteiger partial charge in [-0.05, 0) is 48.2 Å². The molecule has 0 aliphatic rings. The van der Waals surface area contributed by atoms with E-state index < -0.39 is 12.7 Å². The average molecular weight is 435 g/mol. The van der Waals surface area contributed by atoms with Crippen LogP contribution >= 0.6 is 0 Å². The second-order valence-electron chi connectivity index (χ2n) is 7.17. The van der Waals surface area contributed by atoms with Crippen LogP contribution in [0.3, 0.4) is 0 Å². The molecule has 2 aromatic rings. The molecule has 0 aliphatic carbocycles. The van der Waals surface area contributed by atoms with E-state index in [9.17, 15) is 18.4 Å². The minimum absolute atomic E-state index is 0.0580. The summed E-state index contributed by atoms with van der Waals surface area (Å²) < 4.78 is 33.7. The van der Waals surface area contributed by atoms with Crippen molar-refractivity contribution in [3.63, 3.8) is 0 Å². The summed E-state index contributed by atoms with van der Waals surface area (Å²) in [5.41, 5.74) is 2.11. The van der Waals surface area contributed by atoms with Crippen molar-refractivity contribution >= 4 is 23.4 Å². The Morgan fingerprint density at radius 2 is 1.74 bits per heavy atom. The maximum Gasteiger partial charge on any atom is 0.411 e. The summed E-state index contributed by atoms with van der Waals surface area (Å²) >= 11 is 0. The monoisotopic (exact) mass is 435 g/mol. The van der Waals surface area contributed by atoms with E-state index >= 15 is 0 Å². The molecule has 0 unspecified atom stereocenters. The number of nitrogens with one attached hydrogen (secondary N) is 3. The van der Waals surface area contributed by atoms with E-state index in [4.69, 9.17) is 4.74 Å². The summed E-state index contributed by atoms with van der Waals surface area (Å²) in [6.07, 6.45) is 0.0240. The Morgan fingerprint density at radius 1 is 1.03 bits per heavy atom. The van der Waals surface area contributed by atoms with Crippen LogP contribution in [0.15, 0.2) is 48.5 Å². The van der Waals surface area contributed by atoms with Gasteiger partial charge in [0.15, 0.2) is 0 Å². The Kier molecular flexibility index (Phi) is 9.54. The number of rotatable bonds is 11. The lowest BCUT2D eigenvalue weighted by Gasteiger charge is -2.11. The lowest BCUT2D eigenvalue weighted by Crippen LogP contribution is -2.31. The van der Waals surface area contributed by atoms with Crippen LogP contribution in [0.1, 0.15) is 19.4 Å². The van der Waals surface area contributed by atoms with Gasteiger partial charge in [-0.25, -0.2) is 4.79 Å². The molecule has 0 spiro atoms. The number of hydrogen-bond donors (Lipinski definition) is 3. The van der Waals surface area contributed by atoms with E-state index in [1.807, 2.05) is 13.8 Å². The molecule has 0 aromatic heterocycles. The van der Waals surface area contributed by atoms with E-state index in [2.05, 4.69) is 20.7 Å². The van der Waals surface area contributed by atoms with Crippen molar-refractivity contribution < 1.29 is 27.8 Å². The van der Waals surface area contributed by atoms with Crippen molar-refractivity contribution in [3.05, 3.63) is 54.1 Å². The molecule has 0 aliphatic heterocycles. The second kappa shape index (κ2) is 12.4. The van der Waals surface area contributed by atoms with E-state index in [1.165, 1.54) is 12.1 Å². The lowest BCUT2D eigenvalue weighted by atomic mass is 10.1. The van der Waals surface area contributed by atoms with Gasteiger partial charge in [0.25, 0.3) is 0 Å². The Bertz CT molecular complexity index is 845. The largest absolute Gasteiger partial charge is 0.449 e. The Balaban J connectivity index is 1.70. The van der Waals surface area contributed by atoms with Crippen molar-refractivity contribution in [3.8, 4) is 5.75 Å². The molecule has 0 saturated carbocycles. The number of halogens is 2. The summed E-state index contributed by atoms with van der Waals surface area (Å²) in [4.78, 5) is 23.8. The zero-order valence-corrected chi connectivity index (χ0v) is 17.5. The number of ether oxygens (including phenoxy) is 2. The number of carbonyl (C=O) groups is 2. The molecule has 7 nitrogen and oxygen atoms in total. The van der Waals surface area contributed by atoms with Crippen LogP contribution < -0.4 is 20.7 Å². The predicted octanol–water partition coefficient (Wildman–Crippen LogP) is 4.26. The summed E-state index contributed by atoms with van der Waals surface area (Å²) in [5, 5.41) is 8.41. The van der Waals surface area contributed by atoms with Crippen molar-refractivity contribution in [2.75, 3.05) is 30.3 Å². The third kappa shape index (κ3) is 9.79. The van der Waals surface area contributed by atoms with Gasteiger partial charge in [-0.15, -0.1) is 0 Å². The maximum atomic E-state index is 12.1. The highest BCUT2D eigenvalue weighted by Crippen LogP contribution is 2.16. The summed E-state index contributed by atoms with van der Waals surface area (Å²) in [7, 11) is 0. The number of anilines is 2. The summed E-state index contributed by atoms with van der Waals surface area (Å²) in [6, 6.07) is 13.2. The summed E-state index contributed by atoms with van der Waals surface area (Å²) in [6.45, 7) is 1.83. The maximum absolute atomic E-state index is 12.1. The van der Waals surface area contributed by atoms with Gasteiger partial charge in [0, 0.05) is 17.9 Å². The molecule has 31 heavy (non-hydrogen) atoms. The standard InChI is InChI=1S/C22H27F2N3O4/c1-15(2)14-30-22(29)27-18-5-3-4-17(12-18)26-13-20(28)25-11-10-16-6-8-19(9-7-16)31-21(23)24/h3-9,12,15,21,26H,10-11,13-14H2,1-2H3,(H,25,28)(H,27,29). The molecule has 0 fully saturated rings. The Morgan fingerprint density at radius 3 is 2.42 bits per heavy atom. The van der Waals surface area contributed by atoms with E-state index in [0.717, 1.165) is 5.56 Å². The van der Waals surface area contributed by atoms with Crippen LogP contribution in [0.4, 0.5) is 25.0 Å². The molecule has 168 valence electrons. The molecule has 0 heterocycles. The normalized spacial score (nSPS) is 10.6. The van der Waals surface area contributed by atoms with Gasteiger partial charge in [-0.2, -0.15) is 8.78 Å². The van der Waals surface area contributed by atoms with Crippen LogP contribution in [0.25, 0.3) is 0 Å². The molecule has 0 atom stereocenters. The number of alkyl halides is 2. The zero-order chi connectivity index (χ0) is 22.6. The molecule has 0 saturated heterocycles. The summed E-state index contributed by atoms with van der Waals surface area (Å²) in [5.74, 6) is 0.139. The van der Waals surface area contributed by atoms with Gasteiger partial charge in [0.05, 0.1) is 13.2 Å². The number of hydrogen-bond acceptors (Lipinski definition) is 5. The smallest absolute Gasteiger partial charge is 0.411 e. The third-order valence-corrected chi connectivity index (χ3v) is 3.99. The second-order valence-corrected chi connectivity index (χ2v) is 7.17. The van der Waals surface area contributed by atoms with Crippen LogP contribution in [0.2, 0.25) is 0 Å². The first-order valence-electron chi connectivity index (χ1n) is 9.90. The van der Waals surface area contributed by atoms with Crippen LogP contribution in [0.5, 0.6) is 5.75 Å². The van der Waals surface area contributed by atoms with Crippen molar-refractivity contribution in [1.82, 2.24) is 5.32 Å². The molecule has 2 rings (SSSR count). The molecule has 0 bridgehead atoms. The van der Waals surface area contributed by atoms with E-state index in [-0.39, 0.29) is 24.1 Å². The first-order valence-corrected chi connectivity index (χ1v) is 9.90. The zero-order valence-electron chi connectivity index (χ0n) is 17.5. The van der Waals surface area contributed by atoms with Gasteiger partial charge >= 0.3 is 12.7 Å². The number of carbonyl (C=O) groups excluding carboxylic acids is 2. The van der Waals surface area contributed by atoms with E-state index in [1.54, 1.807) is 36.4 Å². The predicted molar refractivity (Wildman–Crippen MR) is 115 cm³/mol. The molecule has 9 heteroatoms. The van der Waals surface area contributed by atoms with Crippen molar-refractivity contribution in [1.29, 1.82) is 0 Å². The van der Waals surface area contributed by atoms with Crippen molar-refractivity contribution in [2.45, 2.75) is 26.9 Å². The van der Waals surface area contributed by atoms with Gasteiger partial charge in [0.1, 0.15) is 5.75 Å². The van der Waals surface area contributed by atoms with E-state index in [0.29, 0.717) is 30.9 Å². The first kappa shape index (κ1) is 23.9. The lowest BCUT2D eigenvalue weighted by molar-refractivity contribution is -0.119. The van der Waals surface area contributed by atoms with Crippen LogP contribution in [-0.2, 0) is 16.0 Å². The molecular formula is C22H27F2N3O4. The van der Waals surface area contributed by atoms with Gasteiger partial charge < -0.3 is 20.1 Å². The minimum atomic E-state index is -2.85. The SMILES string of the molecule is CC(C)COC(=O)Nc1cccc(NCC(=O)NCCc2ccc(OC(F)F)cc2)c1. The highest BCUT2D eigenvalue weighted by molar-refractivity contribution is 5.86. The quantitative estimate of drug-likeness (QED) is 0.491. The fourth-order valence-corrected chi connectivity index (χ4v) is 2.53. The minimum Gasteiger partial charge on any atom is -0.449 e. The molecule has 2 amide bonds. The van der Waals surface area contributed by atoms with Gasteiger partial charge in [-0.3, -0.25) is 10.1 Å². The molecule has 0 radical (unpaired) electrons. The third-order valence-electron chi connectivity index (χ3n) is 3.99. The number of benzene rings is 2. The van der Waals surface area contributed by atoms with Gasteiger partial charge in [0.2, 0.25) is 5.91 Å². The highest BCUT2D eigenvalue weighted by Gasteiger charge is 2.07. The molecular weight excluding hydrogens is 408 g/mol. The van der Waals surface area contributed by atoms with Gasteiger partial charge in [-0.1, -0.05) is 32.0 Å². The highest BCUT2D eigenvalue weighted by atomic mass is 19.3. The fraction of sp³-hybridized carbons (Fsp3) is 0.364. The number of amides is 2. The fourth-order valence-electron chi connectivity index (χ4n) is 2.53. The van der Waals surface area contributed by atoms with Crippen LogP contribution in [0, 0.1) is 5.92 Å². The Hall–Kier alpha value is -3.36. The Labute approximate surface area is 180 Å². The topological polar surface area (TPSA) is 88.7 Å². The van der Waals surface area contributed by atoms with Crippen LogP contribution in [-0.4, -0.2) is 38.3 Å². The van der Waals surface area contributed by atoms with Crippen molar-refractivity contribution in [2.24, 2.45) is 5.92 Å². The molecule has 3 N–H and O–H groups in total.